The molecule has 7 heteroatoms. The van der Waals surface area contributed by atoms with Gasteiger partial charge >= 0.3 is 5.97 Å². The molecule has 2 aromatic carbocycles. The molecule has 1 amide bonds. The van der Waals surface area contributed by atoms with Crippen molar-refractivity contribution in [1.29, 1.82) is 0 Å². The van der Waals surface area contributed by atoms with Crippen LogP contribution < -0.4 is 0 Å². The molecule has 0 bridgehead atoms. The number of nitrogens with zero attached hydrogens (tertiary/aromatic N) is 1. The lowest BCUT2D eigenvalue weighted by Gasteiger charge is -2.26. The third-order valence-corrected chi connectivity index (χ3v) is 5.21. The molecule has 1 fully saturated rings. The summed E-state index contributed by atoms with van der Waals surface area (Å²) in [6.07, 6.45) is 1.45. The topological polar surface area (TPSA) is 77.8 Å². The number of carboxylic acids is 1. The average molecular weight is 385 g/mol. The molecule has 0 saturated carbocycles. The summed E-state index contributed by atoms with van der Waals surface area (Å²) in [5.74, 6) is -1.18. The Morgan fingerprint density at radius 1 is 1.15 bits per heavy atom. The van der Waals surface area contributed by atoms with E-state index in [4.69, 9.17) is 12.2 Å². The van der Waals surface area contributed by atoms with Crippen molar-refractivity contribution in [2.75, 3.05) is 0 Å². The first-order chi connectivity index (χ1) is 12.5. The van der Waals surface area contributed by atoms with Crippen molar-refractivity contribution in [1.82, 2.24) is 4.90 Å². The Balaban J connectivity index is 1.93. The Kier molecular flexibility index (Phi) is 5.39. The van der Waals surface area contributed by atoms with Gasteiger partial charge < -0.3 is 10.2 Å². The molecule has 1 saturated heterocycles. The van der Waals surface area contributed by atoms with Gasteiger partial charge in [-0.3, -0.25) is 14.5 Å². The Morgan fingerprint density at radius 3 is 2.42 bits per heavy atom. The molecule has 1 heterocycles. The Morgan fingerprint density at radius 2 is 1.81 bits per heavy atom. The van der Waals surface area contributed by atoms with E-state index in [-0.39, 0.29) is 18.1 Å². The number of thioether (sulfide) groups is 1. The van der Waals surface area contributed by atoms with Crippen molar-refractivity contribution >= 4 is 46.3 Å². The largest absolute Gasteiger partial charge is 0.508 e. The standard InChI is InChI=1S/C19H15NO4S2/c21-14-8-6-12(7-9-14)10-16-18(24)20(19(25)26-16)15(11-17(22)23)13-4-2-1-3-5-13/h1-10,15,21H,11H2,(H,22,23)/t15-/m1/s1. The molecule has 26 heavy (non-hydrogen) atoms. The molecule has 0 radical (unpaired) electrons. The first-order valence-electron chi connectivity index (χ1n) is 7.78. The fraction of sp³-hybridized carbons (Fsp3) is 0.105. The molecule has 132 valence electrons. The summed E-state index contributed by atoms with van der Waals surface area (Å²) in [6, 6.07) is 14.8. The van der Waals surface area contributed by atoms with Crippen LogP contribution in [0.4, 0.5) is 0 Å². The molecule has 0 aromatic heterocycles. The van der Waals surface area contributed by atoms with Crippen molar-refractivity contribution < 1.29 is 19.8 Å². The van der Waals surface area contributed by atoms with E-state index in [1.165, 1.54) is 17.0 Å². The summed E-state index contributed by atoms with van der Waals surface area (Å²) in [5.41, 5.74) is 1.47. The summed E-state index contributed by atoms with van der Waals surface area (Å²) in [6.45, 7) is 0. The molecule has 0 unspecified atom stereocenters. The highest BCUT2D eigenvalue weighted by atomic mass is 32.2. The molecule has 2 aromatic rings. The van der Waals surface area contributed by atoms with E-state index in [9.17, 15) is 19.8 Å². The smallest absolute Gasteiger partial charge is 0.305 e. The first-order valence-corrected chi connectivity index (χ1v) is 9.01. The van der Waals surface area contributed by atoms with E-state index in [1.807, 2.05) is 6.07 Å². The van der Waals surface area contributed by atoms with E-state index in [1.54, 1.807) is 42.5 Å². The lowest BCUT2D eigenvalue weighted by Crippen LogP contribution is -2.34. The minimum atomic E-state index is -1.00. The molecule has 3 rings (SSSR count). The van der Waals surface area contributed by atoms with Gasteiger partial charge in [-0.2, -0.15) is 0 Å². The number of carbonyl (C=O) groups is 2. The number of carbonyl (C=O) groups excluding carboxylic acids is 1. The first kappa shape index (κ1) is 18.2. The van der Waals surface area contributed by atoms with Crippen LogP contribution in [0.3, 0.4) is 0 Å². The highest BCUT2D eigenvalue weighted by molar-refractivity contribution is 8.26. The van der Waals surface area contributed by atoms with Crippen LogP contribution in [0.15, 0.2) is 59.5 Å². The van der Waals surface area contributed by atoms with Crippen molar-refractivity contribution in [3.05, 3.63) is 70.6 Å². The minimum absolute atomic E-state index is 0.139. The van der Waals surface area contributed by atoms with Crippen LogP contribution in [-0.2, 0) is 9.59 Å². The van der Waals surface area contributed by atoms with E-state index in [0.29, 0.717) is 9.23 Å². The van der Waals surface area contributed by atoms with Gasteiger partial charge in [-0.15, -0.1) is 0 Å². The highest BCUT2D eigenvalue weighted by Gasteiger charge is 2.38. The van der Waals surface area contributed by atoms with Crippen LogP contribution in [0, 0.1) is 0 Å². The quantitative estimate of drug-likeness (QED) is 0.602. The Hall–Kier alpha value is -2.64. The van der Waals surface area contributed by atoms with Gasteiger partial charge in [0.1, 0.15) is 10.1 Å². The van der Waals surface area contributed by atoms with Gasteiger partial charge in [0, 0.05) is 0 Å². The third kappa shape index (κ3) is 3.95. The Bertz CT molecular complexity index is 878. The number of aliphatic carboxylic acids is 1. The number of benzene rings is 2. The predicted molar refractivity (Wildman–Crippen MR) is 105 cm³/mol. The molecule has 2 N–H and O–H groups in total. The van der Waals surface area contributed by atoms with Crippen LogP contribution >= 0.6 is 24.0 Å². The van der Waals surface area contributed by atoms with Crippen molar-refractivity contribution in [3.63, 3.8) is 0 Å². The average Bonchev–Trinajstić information content (AvgIpc) is 2.89. The monoisotopic (exact) mass is 385 g/mol. The summed E-state index contributed by atoms with van der Waals surface area (Å²) in [4.78, 5) is 26.0. The molecule has 0 aliphatic carbocycles. The number of thiocarbonyl (C=S) groups is 1. The summed E-state index contributed by atoms with van der Waals surface area (Å²) in [5, 5.41) is 18.6. The summed E-state index contributed by atoms with van der Waals surface area (Å²) >= 11 is 6.50. The van der Waals surface area contributed by atoms with Crippen molar-refractivity contribution in [2.24, 2.45) is 0 Å². The maximum Gasteiger partial charge on any atom is 0.305 e. The van der Waals surface area contributed by atoms with Crippen LogP contribution in [0.1, 0.15) is 23.6 Å². The van der Waals surface area contributed by atoms with E-state index in [2.05, 4.69) is 0 Å². The molecule has 1 atom stereocenters. The van der Waals surface area contributed by atoms with Crippen LogP contribution in [0.25, 0.3) is 6.08 Å². The molecule has 1 aliphatic heterocycles. The number of phenols is 1. The SMILES string of the molecule is O=C(O)C[C@H](c1ccccc1)N1C(=O)C(=Cc2ccc(O)cc2)SC1=S. The van der Waals surface area contributed by atoms with E-state index < -0.39 is 12.0 Å². The maximum absolute atomic E-state index is 12.9. The van der Waals surface area contributed by atoms with Gasteiger partial charge in [-0.1, -0.05) is 66.4 Å². The molecule has 1 aliphatic rings. The van der Waals surface area contributed by atoms with Crippen LogP contribution in [0.2, 0.25) is 0 Å². The van der Waals surface area contributed by atoms with Crippen LogP contribution in [-0.4, -0.2) is 31.3 Å². The van der Waals surface area contributed by atoms with Gasteiger partial charge in [-0.25, -0.2) is 0 Å². The third-order valence-electron chi connectivity index (χ3n) is 3.88. The fourth-order valence-electron chi connectivity index (χ4n) is 2.67. The molecular formula is C19H15NO4S2. The number of rotatable bonds is 5. The summed E-state index contributed by atoms with van der Waals surface area (Å²) < 4.78 is 0.329. The molecule has 0 spiro atoms. The highest BCUT2D eigenvalue weighted by Crippen LogP contribution is 2.39. The second-order valence-electron chi connectivity index (χ2n) is 5.67. The lowest BCUT2D eigenvalue weighted by atomic mass is 10.0. The van der Waals surface area contributed by atoms with Crippen molar-refractivity contribution in [3.8, 4) is 5.75 Å². The van der Waals surface area contributed by atoms with Gasteiger partial charge in [0.2, 0.25) is 0 Å². The van der Waals surface area contributed by atoms with Gasteiger partial charge in [-0.05, 0) is 29.3 Å². The second-order valence-corrected chi connectivity index (χ2v) is 7.34. The van der Waals surface area contributed by atoms with Gasteiger partial charge in [0.15, 0.2) is 0 Å². The van der Waals surface area contributed by atoms with Gasteiger partial charge in [0.05, 0.1) is 17.4 Å². The zero-order valence-electron chi connectivity index (χ0n) is 13.5. The fourth-order valence-corrected chi connectivity index (χ4v) is 4.03. The van der Waals surface area contributed by atoms with Crippen molar-refractivity contribution in [2.45, 2.75) is 12.5 Å². The minimum Gasteiger partial charge on any atom is -0.508 e. The van der Waals surface area contributed by atoms with Gasteiger partial charge in [0.25, 0.3) is 5.91 Å². The summed E-state index contributed by atoms with van der Waals surface area (Å²) in [7, 11) is 0. The zero-order chi connectivity index (χ0) is 18.7. The maximum atomic E-state index is 12.9. The lowest BCUT2D eigenvalue weighted by molar-refractivity contribution is -0.138. The number of hydrogen-bond acceptors (Lipinski definition) is 5. The number of carboxylic acid groups (broad SMARTS) is 1. The molecular weight excluding hydrogens is 370 g/mol. The number of aromatic hydroxyl groups is 1. The Labute approximate surface area is 160 Å². The van der Waals surface area contributed by atoms with E-state index in [0.717, 1.165) is 22.9 Å². The normalized spacial score (nSPS) is 16.9. The predicted octanol–water partition coefficient (Wildman–Crippen LogP) is 3.81. The number of hydrogen-bond donors (Lipinski definition) is 2. The zero-order valence-corrected chi connectivity index (χ0v) is 15.2. The second kappa shape index (κ2) is 7.72. The van der Waals surface area contributed by atoms with E-state index >= 15 is 0 Å². The van der Waals surface area contributed by atoms with Crippen LogP contribution in [0.5, 0.6) is 5.75 Å². The molecule has 5 nitrogen and oxygen atoms in total. The number of amides is 1. The number of phenolic OH excluding ortho intramolecular Hbond substituents is 1.